The predicted molar refractivity (Wildman–Crippen MR) is 102 cm³/mol. The van der Waals surface area contributed by atoms with Crippen LogP contribution in [0.2, 0.25) is 0 Å². The highest BCUT2D eigenvalue weighted by atomic mass is 16.4. The van der Waals surface area contributed by atoms with E-state index in [0.29, 0.717) is 40.6 Å². The maximum Gasteiger partial charge on any atom is 0.283 e. The Kier molecular flexibility index (Phi) is 4.67. The minimum atomic E-state index is -0.281. The van der Waals surface area contributed by atoms with Gasteiger partial charge < -0.3 is 19.5 Å². The second-order valence-electron chi connectivity index (χ2n) is 5.76. The van der Waals surface area contributed by atoms with Gasteiger partial charge in [0.2, 0.25) is 12.3 Å². The number of nitrogens with one attached hydrogen (secondary N) is 2. The van der Waals surface area contributed by atoms with Crippen LogP contribution >= 0.6 is 0 Å². The number of amides is 2. The molecule has 8 heteroatoms. The molecule has 0 bridgehead atoms. The van der Waals surface area contributed by atoms with Gasteiger partial charge in [-0.15, -0.1) is 10.2 Å². The maximum atomic E-state index is 12.4. The van der Waals surface area contributed by atoms with E-state index >= 15 is 0 Å². The molecule has 0 aliphatic carbocycles. The van der Waals surface area contributed by atoms with E-state index in [1.807, 2.05) is 0 Å². The molecule has 0 aliphatic heterocycles. The van der Waals surface area contributed by atoms with Gasteiger partial charge in [0, 0.05) is 22.5 Å². The third kappa shape index (κ3) is 3.65. The molecule has 28 heavy (non-hydrogen) atoms. The number of furan rings is 1. The Hall–Kier alpha value is -4.20. The Morgan fingerprint density at radius 3 is 2.50 bits per heavy atom. The van der Waals surface area contributed by atoms with Crippen LogP contribution in [0.15, 0.2) is 75.8 Å². The van der Waals surface area contributed by atoms with Gasteiger partial charge in [0.05, 0.1) is 6.26 Å². The van der Waals surface area contributed by atoms with Gasteiger partial charge in [-0.05, 0) is 54.6 Å². The summed E-state index contributed by atoms with van der Waals surface area (Å²) in [6, 6.07) is 17.1. The molecule has 8 nitrogen and oxygen atoms in total. The van der Waals surface area contributed by atoms with Crippen molar-refractivity contribution in [3.8, 4) is 23.1 Å². The molecule has 2 heterocycles. The molecule has 0 fully saturated rings. The molecule has 0 unspecified atom stereocenters. The molecule has 0 spiro atoms. The van der Waals surface area contributed by atoms with E-state index in [1.54, 1.807) is 60.7 Å². The Morgan fingerprint density at radius 2 is 1.75 bits per heavy atom. The predicted octanol–water partition coefficient (Wildman–Crippen LogP) is 3.82. The highest BCUT2D eigenvalue weighted by Crippen LogP contribution is 2.26. The van der Waals surface area contributed by atoms with Crippen LogP contribution in [-0.4, -0.2) is 22.5 Å². The summed E-state index contributed by atoms with van der Waals surface area (Å²) in [7, 11) is 0. The molecular weight excluding hydrogens is 360 g/mol. The highest BCUT2D eigenvalue weighted by molar-refractivity contribution is 6.04. The molecule has 0 aliphatic rings. The maximum absolute atomic E-state index is 12.4. The van der Waals surface area contributed by atoms with Crippen molar-refractivity contribution in [1.29, 1.82) is 0 Å². The molecule has 2 amide bonds. The van der Waals surface area contributed by atoms with Crippen LogP contribution in [0.4, 0.5) is 11.4 Å². The second-order valence-corrected chi connectivity index (χ2v) is 5.76. The van der Waals surface area contributed by atoms with Gasteiger partial charge in [0.25, 0.3) is 11.8 Å². The van der Waals surface area contributed by atoms with E-state index in [9.17, 15) is 9.59 Å². The van der Waals surface area contributed by atoms with Crippen molar-refractivity contribution in [2.24, 2.45) is 0 Å². The molecule has 2 aromatic carbocycles. The fraction of sp³-hybridized carbons (Fsp3) is 0. The van der Waals surface area contributed by atoms with Crippen molar-refractivity contribution in [3.63, 3.8) is 0 Å². The number of rotatable bonds is 6. The summed E-state index contributed by atoms with van der Waals surface area (Å²) in [5.41, 5.74) is 2.31. The van der Waals surface area contributed by atoms with Crippen molar-refractivity contribution in [2.45, 2.75) is 0 Å². The standard InChI is InChI=1S/C20H14N4O4/c25-12-21-15-8-6-13(7-9-15)18(26)22-16-4-1-3-14(11-16)19-23-24-20(28-19)17-5-2-10-27-17/h1-12H,(H,21,25)(H,22,26). The molecule has 0 saturated carbocycles. The van der Waals surface area contributed by atoms with Gasteiger partial charge >= 0.3 is 0 Å². The summed E-state index contributed by atoms with van der Waals surface area (Å²) in [5.74, 6) is 0.789. The largest absolute Gasteiger partial charge is 0.459 e. The summed E-state index contributed by atoms with van der Waals surface area (Å²) < 4.78 is 10.9. The lowest BCUT2D eigenvalue weighted by molar-refractivity contribution is -0.105. The van der Waals surface area contributed by atoms with E-state index < -0.39 is 0 Å². The molecule has 0 radical (unpaired) electrons. The molecule has 4 rings (SSSR count). The molecule has 0 saturated heterocycles. The third-order valence-electron chi connectivity index (χ3n) is 3.90. The van der Waals surface area contributed by atoms with Crippen LogP contribution in [0.1, 0.15) is 10.4 Å². The number of hydrogen-bond acceptors (Lipinski definition) is 6. The first-order valence-corrected chi connectivity index (χ1v) is 8.32. The zero-order valence-electron chi connectivity index (χ0n) is 14.5. The monoisotopic (exact) mass is 374 g/mol. The SMILES string of the molecule is O=CNc1ccc(C(=O)Nc2cccc(-c3nnc(-c4ccco4)o3)c2)cc1. The molecule has 0 atom stereocenters. The quantitative estimate of drug-likeness (QED) is 0.497. The van der Waals surface area contributed by atoms with Gasteiger partial charge in [-0.2, -0.15) is 0 Å². The van der Waals surface area contributed by atoms with Crippen LogP contribution in [-0.2, 0) is 4.79 Å². The minimum Gasteiger partial charge on any atom is -0.459 e. The minimum absolute atomic E-state index is 0.276. The Labute approximate surface area is 159 Å². The summed E-state index contributed by atoms with van der Waals surface area (Å²) in [6.45, 7) is 0. The van der Waals surface area contributed by atoms with Crippen molar-refractivity contribution in [1.82, 2.24) is 10.2 Å². The smallest absolute Gasteiger partial charge is 0.283 e. The van der Waals surface area contributed by atoms with E-state index in [2.05, 4.69) is 20.8 Å². The molecule has 138 valence electrons. The Bertz CT molecular complexity index is 1100. The number of carbonyl (C=O) groups excluding carboxylic acids is 2. The lowest BCUT2D eigenvalue weighted by atomic mass is 10.1. The fourth-order valence-corrected chi connectivity index (χ4v) is 2.56. The number of anilines is 2. The Morgan fingerprint density at radius 1 is 0.929 bits per heavy atom. The third-order valence-corrected chi connectivity index (χ3v) is 3.90. The van der Waals surface area contributed by atoms with E-state index in [-0.39, 0.29) is 11.8 Å². The van der Waals surface area contributed by atoms with Crippen molar-refractivity contribution in [3.05, 3.63) is 72.5 Å². The lowest BCUT2D eigenvalue weighted by Gasteiger charge is -2.07. The van der Waals surface area contributed by atoms with Gasteiger partial charge in [-0.3, -0.25) is 9.59 Å². The van der Waals surface area contributed by atoms with Crippen LogP contribution in [0.25, 0.3) is 23.1 Å². The topological polar surface area (TPSA) is 110 Å². The first kappa shape index (κ1) is 17.2. The van der Waals surface area contributed by atoms with E-state index in [4.69, 9.17) is 8.83 Å². The summed E-state index contributed by atoms with van der Waals surface area (Å²) in [5, 5.41) is 13.3. The van der Waals surface area contributed by atoms with Crippen LogP contribution in [0.5, 0.6) is 0 Å². The number of benzene rings is 2. The van der Waals surface area contributed by atoms with E-state index in [0.717, 1.165) is 0 Å². The van der Waals surface area contributed by atoms with Crippen molar-refractivity contribution in [2.75, 3.05) is 10.6 Å². The van der Waals surface area contributed by atoms with Gasteiger partial charge in [0.15, 0.2) is 5.76 Å². The molecule has 2 aromatic heterocycles. The van der Waals surface area contributed by atoms with Crippen molar-refractivity contribution < 1.29 is 18.4 Å². The normalized spacial score (nSPS) is 10.4. The lowest BCUT2D eigenvalue weighted by Crippen LogP contribution is -2.11. The van der Waals surface area contributed by atoms with Gasteiger partial charge in [-0.25, -0.2) is 0 Å². The first-order chi connectivity index (χ1) is 13.7. The fourth-order valence-electron chi connectivity index (χ4n) is 2.56. The molecular formula is C20H14N4O4. The van der Waals surface area contributed by atoms with Crippen molar-refractivity contribution >= 4 is 23.7 Å². The number of nitrogens with zero attached hydrogens (tertiary/aromatic N) is 2. The van der Waals surface area contributed by atoms with Crippen LogP contribution in [0, 0.1) is 0 Å². The van der Waals surface area contributed by atoms with Gasteiger partial charge in [-0.1, -0.05) is 6.07 Å². The zero-order valence-corrected chi connectivity index (χ0v) is 14.5. The Balaban J connectivity index is 1.51. The van der Waals surface area contributed by atoms with E-state index in [1.165, 1.54) is 6.26 Å². The highest BCUT2D eigenvalue weighted by Gasteiger charge is 2.13. The summed E-state index contributed by atoms with van der Waals surface area (Å²) in [6.07, 6.45) is 2.10. The molecule has 2 N–H and O–H groups in total. The first-order valence-electron chi connectivity index (χ1n) is 8.32. The van der Waals surface area contributed by atoms with Gasteiger partial charge in [0.1, 0.15) is 0 Å². The number of carbonyl (C=O) groups is 2. The second kappa shape index (κ2) is 7.58. The summed E-state index contributed by atoms with van der Waals surface area (Å²) in [4.78, 5) is 22.9. The average molecular weight is 374 g/mol. The molecule has 4 aromatic rings. The summed E-state index contributed by atoms with van der Waals surface area (Å²) >= 11 is 0. The van der Waals surface area contributed by atoms with Crippen LogP contribution < -0.4 is 10.6 Å². The number of hydrogen-bond donors (Lipinski definition) is 2. The zero-order chi connectivity index (χ0) is 19.3. The average Bonchev–Trinajstić information content (AvgIpc) is 3.41. The number of aromatic nitrogens is 2. The van der Waals surface area contributed by atoms with Crippen LogP contribution in [0.3, 0.4) is 0 Å².